The molecule has 18 heavy (non-hydrogen) atoms. The lowest BCUT2D eigenvalue weighted by Gasteiger charge is -2.12. The monoisotopic (exact) mass is 283 g/mol. The van der Waals surface area contributed by atoms with Crippen molar-refractivity contribution in [1.82, 2.24) is 9.97 Å². The minimum absolute atomic E-state index is 0.300. The zero-order valence-electron chi connectivity index (χ0n) is 9.35. The van der Waals surface area contributed by atoms with Crippen molar-refractivity contribution in [3.8, 4) is 0 Å². The molecule has 3 N–H and O–H groups in total. The van der Waals surface area contributed by atoms with E-state index in [1.807, 2.05) is 0 Å². The van der Waals surface area contributed by atoms with Crippen LogP contribution in [0.15, 0.2) is 30.6 Å². The highest BCUT2D eigenvalue weighted by molar-refractivity contribution is 6.34. The molecule has 0 saturated heterocycles. The lowest BCUT2D eigenvalue weighted by Crippen LogP contribution is -2.07. The van der Waals surface area contributed by atoms with Gasteiger partial charge in [0.15, 0.2) is 0 Å². The fourth-order valence-electron chi connectivity index (χ4n) is 1.60. The first kappa shape index (κ1) is 13.1. The molecule has 0 fully saturated rings. The summed E-state index contributed by atoms with van der Waals surface area (Å²) in [6.07, 6.45) is 2.49. The number of nitrogen functional groups attached to an aromatic ring is 1. The number of hydrogen-bond acceptors (Lipinski definition) is 4. The number of halogens is 2. The second kappa shape index (κ2) is 5.52. The highest BCUT2D eigenvalue weighted by Gasteiger charge is 2.15. The molecule has 0 spiro atoms. The zero-order chi connectivity index (χ0) is 13.1. The average Bonchev–Trinajstić information content (AvgIpc) is 2.32. The molecule has 0 aliphatic carbocycles. The van der Waals surface area contributed by atoms with Crippen LogP contribution in [-0.2, 0) is 6.42 Å². The molecular formula is C12H11Cl2N3O. The van der Waals surface area contributed by atoms with Crippen molar-refractivity contribution in [2.24, 2.45) is 0 Å². The number of anilines is 1. The van der Waals surface area contributed by atoms with Gasteiger partial charge >= 0.3 is 0 Å². The third-order valence-electron chi connectivity index (χ3n) is 2.49. The summed E-state index contributed by atoms with van der Waals surface area (Å²) in [5.74, 6) is 0.390. The summed E-state index contributed by atoms with van der Waals surface area (Å²) in [6.45, 7) is 0. The van der Waals surface area contributed by atoms with Gasteiger partial charge < -0.3 is 10.8 Å². The summed E-state index contributed by atoms with van der Waals surface area (Å²) in [6, 6.07) is 5.10. The van der Waals surface area contributed by atoms with E-state index in [4.69, 9.17) is 28.9 Å². The number of nitrogens with two attached hydrogens (primary N) is 1. The van der Waals surface area contributed by atoms with Crippen molar-refractivity contribution in [2.75, 3.05) is 5.73 Å². The van der Waals surface area contributed by atoms with Crippen LogP contribution in [0.4, 0.5) is 5.82 Å². The number of rotatable bonds is 3. The first-order chi connectivity index (χ1) is 8.58. The Morgan fingerprint density at radius 3 is 2.78 bits per heavy atom. The van der Waals surface area contributed by atoms with Gasteiger partial charge in [-0.1, -0.05) is 29.3 Å². The van der Waals surface area contributed by atoms with Gasteiger partial charge in [0.25, 0.3) is 0 Å². The lowest BCUT2D eigenvalue weighted by atomic mass is 10.1. The summed E-state index contributed by atoms with van der Waals surface area (Å²) in [7, 11) is 0. The molecule has 2 aromatic rings. The van der Waals surface area contributed by atoms with E-state index in [9.17, 15) is 5.11 Å². The van der Waals surface area contributed by atoms with Gasteiger partial charge in [-0.05, 0) is 17.7 Å². The smallest absolute Gasteiger partial charge is 0.126 e. The van der Waals surface area contributed by atoms with Crippen LogP contribution in [0, 0.1) is 0 Å². The van der Waals surface area contributed by atoms with E-state index in [-0.39, 0.29) is 0 Å². The zero-order valence-corrected chi connectivity index (χ0v) is 10.9. The van der Waals surface area contributed by atoms with Gasteiger partial charge in [-0.25, -0.2) is 4.98 Å². The van der Waals surface area contributed by atoms with E-state index in [1.165, 1.54) is 6.20 Å². The van der Waals surface area contributed by atoms with E-state index in [1.54, 1.807) is 24.4 Å². The maximum atomic E-state index is 10.1. The summed E-state index contributed by atoms with van der Waals surface area (Å²) < 4.78 is 0. The molecule has 2 rings (SSSR count). The van der Waals surface area contributed by atoms with E-state index in [0.717, 1.165) is 5.56 Å². The van der Waals surface area contributed by atoms with Gasteiger partial charge in [0.1, 0.15) is 11.9 Å². The molecule has 0 aliphatic heterocycles. The van der Waals surface area contributed by atoms with Crippen molar-refractivity contribution in [3.05, 3.63) is 51.9 Å². The largest absolute Gasteiger partial charge is 0.386 e. The van der Waals surface area contributed by atoms with Crippen LogP contribution in [0.3, 0.4) is 0 Å². The number of aliphatic hydroxyl groups excluding tert-OH is 1. The molecule has 1 atom stereocenters. The number of hydrogen-bond donors (Lipinski definition) is 2. The Balaban J connectivity index is 2.22. The van der Waals surface area contributed by atoms with E-state index in [2.05, 4.69) is 9.97 Å². The van der Waals surface area contributed by atoms with Gasteiger partial charge in [0, 0.05) is 18.8 Å². The van der Waals surface area contributed by atoms with Gasteiger partial charge in [-0.15, -0.1) is 0 Å². The molecule has 0 saturated carbocycles. The molecular weight excluding hydrogens is 273 g/mol. The van der Waals surface area contributed by atoms with Crippen LogP contribution >= 0.6 is 23.2 Å². The number of pyridine rings is 2. The standard InChI is InChI=1S/C12H11Cl2N3O/c13-8-5-9(14)11(17-6-8)10(18)4-7-2-1-3-16-12(7)15/h1-3,5-6,10,18H,4H2,(H2,15,16). The summed E-state index contributed by atoms with van der Waals surface area (Å²) in [4.78, 5) is 7.98. The van der Waals surface area contributed by atoms with Gasteiger partial charge in [-0.2, -0.15) is 0 Å². The second-order valence-electron chi connectivity index (χ2n) is 3.79. The molecule has 6 heteroatoms. The predicted molar refractivity (Wildman–Crippen MR) is 71.6 cm³/mol. The van der Waals surface area contributed by atoms with Crippen LogP contribution in [0.25, 0.3) is 0 Å². The number of aromatic nitrogens is 2. The Morgan fingerprint density at radius 1 is 1.33 bits per heavy atom. The van der Waals surface area contributed by atoms with Crippen LogP contribution < -0.4 is 5.73 Å². The van der Waals surface area contributed by atoms with E-state index >= 15 is 0 Å². The average molecular weight is 284 g/mol. The molecule has 0 aromatic carbocycles. The topological polar surface area (TPSA) is 72.0 Å². The fourth-order valence-corrected chi connectivity index (χ4v) is 2.10. The Labute approximate surface area is 114 Å². The van der Waals surface area contributed by atoms with Crippen molar-refractivity contribution in [1.29, 1.82) is 0 Å². The quantitative estimate of drug-likeness (QED) is 0.908. The van der Waals surface area contributed by atoms with E-state index < -0.39 is 6.10 Å². The Bertz CT molecular complexity index is 563. The molecule has 94 valence electrons. The van der Waals surface area contributed by atoms with Crippen LogP contribution in [0.5, 0.6) is 0 Å². The SMILES string of the molecule is Nc1ncccc1CC(O)c1ncc(Cl)cc1Cl. The molecule has 4 nitrogen and oxygen atoms in total. The third kappa shape index (κ3) is 2.90. The molecule has 1 unspecified atom stereocenters. The summed E-state index contributed by atoms with van der Waals surface area (Å²) in [5.41, 5.74) is 6.84. The van der Waals surface area contributed by atoms with Gasteiger partial charge in [-0.3, -0.25) is 4.98 Å². The Hall–Kier alpha value is -1.36. The molecule has 0 bridgehead atoms. The van der Waals surface area contributed by atoms with Gasteiger partial charge in [0.2, 0.25) is 0 Å². The predicted octanol–water partition coefficient (Wildman–Crippen LogP) is 2.64. The first-order valence-corrected chi connectivity index (χ1v) is 6.02. The first-order valence-electron chi connectivity index (χ1n) is 5.26. The molecule has 0 radical (unpaired) electrons. The molecule has 0 amide bonds. The van der Waals surface area contributed by atoms with Gasteiger partial charge in [0.05, 0.1) is 15.7 Å². The summed E-state index contributed by atoms with van der Waals surface area (Å²) >= 11 is 11.7. The Kier molecular flexibility index (Phi) is 4.01. The molecule has 2 aromatic heterocycles. The molecule has 0 aliphatic rings. The Morgan fingerprint density at radius 2 is 2.11 bits per heavy atom. The maximum Gasteiger partial charge on any atom is 0.126 e. The normalized spacial score (nSPS) is 12.4. The third-order valence-corrected chi connectivity index (χ3v) is 3.00. The highest BCUT2D eigenvalue weighted by atomic mass is 35.5. The van der Waals surface area contributed by atoms with Crippen LogP contribution in [0.1, 0.15) is 17.4 Å². The van der Waals surface area contributed by atoms with Crippen molar-refractivity contribution < 1.29 is 5.11 Å². The van der Waals surface area contributed by atoms with E-state index in [0.29, 0.717) is 28.0 Å². The van der Waals surface area contributed by atoms with Crippen LogP contribution in [0.2, 0.25) is 10.0 Å². The molecule has 2 heterocycles. The van der Waals surface area contributed by atoms with Crippen molar-refractivity contribution in [3.63, 3.8) is 0 Å². The second-order valence-corrected chi connectivity index (χ2v) is 4.63. The lowest BCUT2D eigenvalue weighted by molar-refractivity contribution is 0.174. The van der Waals surface area contributed by atoms with Crippen molar-refractivity contribution >= 4 is 29.0 Å². The summed E-state index contributed by atoms with van der Waals surface area (Å²) in [5, 5.41) is 10.9. The minimum atomic E-state index is -0.846. The number of aliphatic hydroxyl groups is 1. The highest BCUT2D eigenvalue weighted by Crippen LogP contribution is 2.26. The fraction of sp³-hybridized carbons (Fsp3) is 0.167. The number of nitrogens with zero attached hydrogens (tertiary/aromatic N) is 2. The minimum Gasteiger partial charge on any atom is -0.386 e. The van der Waals surface area contributed by atoms with Crippen LogP contribution in [-0.4, -0.2) is 15.1 Å². The maximum absolute atomic E-state index is 10.1. The van der Waals surface area contributed by atoms with Crippen molar-refractivity contribution in [2.45, 2.75) is 12.5 Å².